The van der Waals surface area contributed by atoms with Gasteiger partial charge in [-0.1, -0.05) is 19.9 Å². The number of hydrogen-bond acceptors (Lipinski definition) is 4. The van der Waals surface area contributed by atoms with Gasteiger partial charge in [0, 0.05) is 13.1 Å². The lowest BCUT2D eigenvalue weighted by Crippen LogP contribution is -2.29. The molecule has 0 aliphatic rings. The summed E-state index contributed by atoms with van der Waals surface area (Å²) < 4.78 is 4.81. The van der Waals surface area contributed by atoms with E-state index in [4.69, 9.17) is 10.5 Å². The van der Waals surface area contributed by atoms with Crippen molar-refractivity contribution < 1.29 is 9.53 Å². The molecule has 1 rings (SSSR count). The predicted molar refractivity (Wildman–Crippen MR) is 74.9 cm³/mol. The molecule has 18 heavy (non-hydrogen) atoms. The molecule has 0 radical (unpaired) electrons. The van der Waals surface area contributed by atoms with E-state index in [1.165, 1.54) is 7.11 Å². The van der Waals surface area contributed by atoms with E-state index >= 15 is 0 Å². The number of methoxy groups -OCH3 is 1. The third-order valence-electron chi connectivity index (χ3n) is 2.76. The summed E-state index contributed by atoms with van der Waals surface area (Å²) in [5.41, 5.74) is 7.93. The molecular weight excluding hydrogens is 228 g/mol. The maximum Gasteiger partial charge on any atom is 0.340 e. The second-order valence-electron chi connectivity index (χ2n) is 4.67. The fourth-order valence-electron chi connectivity index (χ4n) is 2.01. The van der Waals surface area contributed by atoms with E-state index < -0.39 is 0 Å². The highest BCUT2D eigenvalue weighted by molar-refractivity contribution is 5.99. The molecule has 100 valence electrons. The van der Waals surface area contributed by atoms with E-state index in [1.54, 1.807) is 12.1 Å². The van der Waals surface area contributed by atoms with Crippen molar-refractivity contribution in [2.24, 2.45) is 5.92 Å². The molecule has 0 saturated heterocycles. The van der Waals surface area contributed by atoms with Crippen LogP contribution in [0.1, 0.15) is 31.1 Å². The topological polar surface area (TPSA) is 55.6 Å². The van der Waals surface area contributed by atoms with Gasteiger partial charge in [-0.15, -0.1) is 0 Å². The highest BCUT2D eigenvalue weighted by Gasteiger charge is 2.19. The molecule has 0 bridgehead atoms. The van der Waals surface area contributed by atoms with E-state index in [0.717, 1.165) is 18.8 Å². The first-order valence-electron chi connectivity index (χ1n) is 6.23. The van der Waals surface area contributed by atoms with Gasteiger partial charge >= 0.3 is 5.97 Å². The van der Waals surface area contributed by atoms with Crippen LogP contribution in [0.4, 0.5) is 11.4 Å². The molecule has 0 aliphatic heterocycles. The van der Waals surface area contributed by atoms with Gasteiger partial charge in [-0.25, -0.2) is 4.79 Å². The summed E-state index contributed by atoms with van der Waals surface area (Å²) in [4.78, 5) is 13.9. The molecule has 0 atom stereocenters. The maximum absolute atomic E-state index is 11.8. The van der Waals surface area contributed by atoms with Gasteiger partial charge in [0.1, 0.15) is 0 Å². The minimum atomic E-state index is -0.348. The van der Waals surface area contributed by atoms with Crippen molar-refractivity contribution in [2.75, 3.05) is 30.8 Å². The Morgan fingerprint density at radius 3 is 2.61 bits per heavy atom. The molecule has 2 N–H and O–H groups in total. The smallest absolute Gasteiger partial charge is 0.340 e. The fraction of sp³-hybridized carbons (Fsp3) is 0.500. The van der Waals surface area contributed by atoms with Crippen LogP contribution in [0.15, 0.2) is 18.2 Å². The zero-order chi connectivity index (χ0) is 13.7. The molecular formula is C14H22N2O2. The average molecular weight is 250 g/mol. The Morgan fingerprint density at radius 1 is 1.44 bits per heavy atom. The monoisotopic (exact) mass is 250 g/mol. The summed E-state index contributed by atoms with van der Waals surface area (Å²) in [5.74, 6) is 0.148. The fourth-order valence-corrected chi connectivity index (χ4v) is 2.01. The Kier molecular flexibility index (Phi) is 5.01. The highest BCUT2D eigenvalue weighted by Crippen LogP contribution is 2.29. The van der Waals surface area contributed by atoms with Crippen molar-refractivity contribution in [3.63, 3.8) is 0 Å². The van der Waals surface area contributed by atoms with Crippen molar-refractivity contribution >= 4 is 17.3 Å². The molecule has 4 nitrogen and oxygen atoms in total. The Balaban J connectivity index is 3.22. The largest absolute Gasteiger partial charge is 0.465 e. The van der Waals surface area contributed by atoms with Crippen LogP contribution in [0.25, 0.3) is 0 Å². The van der Waals surface area contributed by atoms with Gasteiger partial charge in [0.2, 0.25) is 0 Å². The first-order chi connectivity index (χ1) is 8.51. The van der Waals surface area contributed by atoms with Crippen LogP contribution in [-0.4, -0.2) is 26.2 Å². The van der Waals surface area contributed by atoms with Crippen molar-refractivity contribution in [3.8, 4) is 0 Å². The van der Waals surface area contributed by atoms with Gasteiger partial charge in [-0.3, -0.25) is 0 Å². The maximum atomic E-state index is 11.8. The second-order valence-corrected chi connectivity index (χ2v) is 4.67. The summed E-state index contributed by atoms with van der Waals surface area (Å²) in [6.07, 6.45) is 0. The number of nitrogens with zero attached hydrogens (tertiary/aromatic N) is 1. The van der Waals surface area contributed by atoms with E-state index in [9.17, 15) is 4.79 Å². The van der Waals surface area contributed by atoms with Gasteiger partial charge in [-0.2, -0.15) is 0 Å². The number of hydrogen-bond donors (Lipinski definition) is 1. The lowest BCUT2D eigenvalue weighted by molar-refractivity contribution is 0.0601. The molecule has 0 amide bonds. The van der Waals surface area contributed by atoms with Gasteiger partial charge in [0.25, 0.3) is 0 Å². The number of esters is 1. The molecule has 0 aromatic heterocycles. The normalized spacial score (nSPS) is 10.5. The first-order valence-corrected chi connectivity index (χ1v) is 6.23. The summed E-state index contributed by atoms with van der Waals surface area (Å²) in [6, 6.07) is 5.33. The van der Waals surface area contributed by atoms with Crippen molar-refractivity contribution in [2.45, 2.75) is 20.8 Å². The van der Waals surface area contributed by atoms with Gasteiger partial charge in [0.05, 0.1) is 24.0 Å². The lowest BCUT2D eigenvalue weighted by atomic mass is 10.1. The Labute approximate surface area is 109 Å². The number of carbonyl (C=O) groups is 1. The number of nitrogens with two attached hydrogens (primary N) is 1. The zero-order valence-electron chi connectivity index (χ0n) is 11.6. The molecule has 0 fully saturated rings. The van der Waals surface area contributed by atoms with Crippen LogP contribution in [0.3, 0.4) is 0 Å². The SMILES string of the molecule is CCN(CC(C)C)c1c(N)cccc1C(=O)OC. The minimum Gasteiger partial charge on any atom is -0.465 e. The number of ether oxygens (including phenoxy) is 1. The number of para-hydroxylation sites is 1. The summed E-state index contributed by atoms with van der Waals surface area (Å²) in [5, 5.41) is 0. The van der Waals surface area contributed by atoms with Crippen molar-refractivity contribution in [1.82, 2.24) is 0 Å². The van der Waals surface area contributed by atoms with Crippen LogP contribution < -0.4 is 10.6 Å². The van der Waals surface area contributed by atoms with E-state index in [0.29, 0.717) is 17.2 Å². The molecule has 1 aromatic carbocycles. The number of carbonyl (C=O) groups excluding carboxylic acids is 1. The molecule has 0 saturated carbocycles. The van der Waals surface area contributed by atoms with Gasteiger partial charge in [0.15, 0.2) is 0 Å². The van der Waals surface area contributed by atoms with Gasteiger partial charge in [-0.05, 0) is 25.0 Å². The zero-order valence-corrected chi connectivity index (χ0v) is 11.6. The molecule has 0 spiro atoms. The average Bonchev–Trinajstić information content (AvgIpc) is 2.34. The summed E-state index contributed by atoms with van der Waals surface area (Å²) in [6.45, 7) is 7.99. The molecule has 4 heteroatoms. The minimum absolute atomic E-state index is 0.348. The Bertz CT molecular complexity index is 416. The number of benzene rings is 1. The van der Waals surface area contributed by atoms with Crippen LogP contribution in [0.5, 0.6) is 0 Å². The number of rotatable bonds is 5. The van der Waals surface area contributed by atoms with Crippen LogP contribution in [0.2, 0.25) is 0 Å². The third-order valence-corrected chi connectivity index (χ3v) is 2.76. The standard InChI is InChI=1S/C14H22N2O2/c1-5-16(9-10(2)3)13-11(14(17)18-4)7-6-8-12(13)15/h6-8,10H,5,9,15H2,1-4H3. The molecule has 1 aromatic rings. The number of anilines is 2. The lowest BCUT2D eigenvalue weighted by Gasteiger charge is -2.28. The van der Waals surface area contributed by atoms with E-state index in [1.807, 2.05) is 6.07 Å². The van der Waals surface area contributed by atoms with Crippen LogP contribution in [0, 0.1) is 5.92 Å². The molecule has 0 unspecified atom stereocenters. The summed E-state index contributed by atoms with van der Waals surface area (Å²) in [7, 11) is 1.38. The predicted octanol–water partition coefficient (Wildman–Crippen LogP) is 2.54. The van der Waals surface area contributed by atoms with Crippen LogP contribution >= 0.6 is 0 Å². The van der Waals surface area contributed by atoms with E-state index in [-0.39, 0.29) is 5.97 Å². The van der Waals surface area contributed by atoms with Crippen molar-refractivity contribution in [1.29, 1.82) is 0 Å². The molecule has 0 aliphatic carbocycles. The number of nitrogen functional groups attached to an aromatic ring is 1. The Morgan fingerprint density at radius 2 is 2.11 bits per heavy atom. The van der Waals surface area contributed by atoms with Gasteiger partial charge < -0.3 is 15.4 Å². The van der Waals surface area contributed by atoms with Crippen LogP contribution in [-0.2, 0) is 4.74 Å². The first kappa shape index (κ1) is 14.4. The molecule has 0 heterocycles. The quantitative estimate of drug-likeness (QED) is 0.644. The van der Waals surface area contributed by atoms with E-state index in [2.05, 4.69) is 25.7 Å². The third kappa shape index (κ3) is 3.15. The van der Waals surface area contributed by atoms with Crippen molar-refractivity contribution in [3.05, 3.63) is 23.8 Å². The Hall–Kier alpha value is -1.71. The summed E-state index contributed by atoms with van der Waals surface area (Å²) >= 11 is 0. The second kappa shape index (κ2) is 6.28. The highest BCUT2D eigenvalue weighted by atomic mass is 16.5.